The van der Waals surface area contributed by atoms with Crippen LogP contribution < -0.4 is 8.43 Å². The molecule has 63 valence electrons. The molecule has 0 amide bonds. The lowest BCUT2D eigenvalue weighted by molar-refractivity contribution is 0.399. The smallest absolute Gasteiger partial charge is 0.490 e. The Balaban J connectivity index is 0. The maximum atomic E-state index is 7.00. The highest BCUT2D eigenvalue weighted by atomic mass is 79.9. The summed E-state index contributed by atoms with van der Waals surface area (Å²) in [6.45, 7) is 0. The van der Waals surface area contributed by atoms with E-state index in [1.165, 1.54) is 3.69 Å². The van der Waals surface area contributed by atoms with E-state index < -0.39 is 0 Å². The Hall–Kier alpha value is 0.226. The van der Waals surface area contributed by atoms with Gasteiger partial charge in [-0.2, -0.15) is 0 Å². The van der Waals surface area contributed by atoms with Crippen molar-refractivity contribution in [3.8, 4) is 5.75 Å². The van der Waals surface area contributed by atoms with Crippen molar-refractivity contribution in [2.45, 2.75) is 0 Å². The molecule has 1 rings (SSSR count). The summed E-state index contributed by atoms with van der Waals surface area (Å²) in [4.78, 5) is 0. The van der Waals surface area contributed by atoms with Gasteiger partial charge in [0.2, 0.25) is 5.75 Å². The Labute approximate surface area is 96.1 Å². The van der Waals surface area contributed by atoms with Crippen LogP contribution in [-0.2, 0) is 0 Å². The number of benzene rings is 1. The summed E-state index contributed by atoms with van der Waals surface area (Å²) < 4.78 is 6.26. The molecule has 1 N–H and O–H groups in total. The zero-order valence-electron chi connectivity index (χ0n) is 7.28. The highest BCUT2D eigenvalue weighted by Crippen LogP contribution is 2.01. The second kappa shape index (κ2) is 9.32. The van der Waals surface area contributed by atoms with E-state index in [0.29, 0.717) is 0 Å². The Bertz CT molecular complexity index is 206. The van der Waals surface area contributed by atoms with E-state index in [4.69, 9.17) is 9.84 Å². The first kappa shape index (κ1) is 14.7. The van der Waals surface area contributed by atoms with E-state index in [1.807, 2.05) is 46.0 Å². The molecule has 1 aromatic rings. The van der Waals surface area contributed by atoms with Crippen molar-refractivity contribution in [1.82, 2.24) is 0 Å². The number of hydrogen-bond donors (Lipinski definition) is 1. The third-order valence-corrected chi connectivity index (χ3v) is 1.78. The van der Waals surface area contributed by atoms with Crippen LogP contribution in [0, 0.1) is 0 Å². The van der Waals surface area contributed by atoms with Crippen molar-refractivity contribution in [1.29, 1.82) is 0 Å². The number of methoxy groups -OCH3 is 1. The van der Waals surface area contributed by atoms with Crippen molar-refractivity contribution < 1.29 is 9.84 Å². The molecule has 0 saturated heterocycles. The Kier molecular flexibility index (Phi) is 11.4. The van der Waals surface area contributed by atoms with Gasteiger partial charge in [-0.15, -0.1) is 17.0 Å². The van der Waals surface area contributed by atoms with Crippen LogP contribution in [0.3, 0.4) is 0 Å². The minimum absolute atomic E-state index is 0. The van der Waals surface area contributed by atoms with Crippen LogP contribution in [0.5, 0.6) is 5.75 Å². The van der Waals surface area contributed by atoms with E-state index in [0.717, 1.165) is 12.9 Å². The lowest BCUT2D eigenvalue weighted by Gasteiger charge is -1.90. The lowest BCUT2D eigenvalue weighted by Crippen LogP contribution is -2.05. The molecule has 0 bridgehead atoms. The fourth-order valence-corrected chi connectivity index (χ4v) is 1.10. The Morgan fingerprint density at radius 2 is 1.75 bits per heavy atom. The molecule has 0 atom stereocenters. The minimum Gasteiger partial charge on any atom is -0.490 e. The van der Waals surface area contributed by atoms with Crippen LogP contribution in [0.2, 0.25) is 0 Å². The molecule has 0 saturated carbocycles. The predicted octanol–water partition coefficient (Wildman–Crippen LogP) is 0.675. The van der Waals surface area contributed by atoms with Crippen LogP contribution in [0.1, 0.15) is 0 Å². The van der Waals surface area contributed by atoms with E-state index in [-0.39, 0.29) is 17.0 Å². The average Bonchev–Trinajstić information content (AvgIpc) is 2.09. The third-order valence-electron chi connectivity index (χ3n) is 1.19. The van der Waals surface area contributed by atoms with Crippen LogP contribution >= 0.6 is 17.0 Å². The monoisotopic (exact) mass is 243 g/mol. The fraction of sp³-hybridized carbons (Fsp3) is 0.250. The Morgan fingerprint density at radius 3 is 2.08 bits per heavy atom. The number of aliphatic hydroxyl groups is 1. The van der Waals surface area contributed by atoms with Gasteiger partial charge in [-0.05, 0) is 6.07 Å². The van der Waals surface area contributed by atoms with E-state index in [2.05, 4.69) is 0 Å². The summed E-state index contributed by atoms with van der Waals surface area (Å²) >= 11 is 1.83. The highest BCUT2D eigenvalue weighted by Gasteiger charge is 2.35. The second-order valence-corrected chi connectivity index (χ2v) is 2.57. The summed E-state index contributed by atoms with van der Waals surface area (Å²) in [6, 6.07) is 7.97. The molecule has 0 aromatic heterocycles. The number of aliphatic hydroxyl groups excluding tert-OH is 1. The van der Waals surface area contributed by atoms with Gasteiger partial charge in [0.15, 0.2) is 0 Å². The van der Waals surface area contributed by atoms with Gasteiger partial charge >= 0.3 is 25.4 Å². The normalized spacial score (nSPS) is 7.33. The summed E-state index contributed by atoms with van der Waals surface area (Å²) in [5.74, 6) is 0.968. The molecular weight excluding hydrogens is 232 g/mol. The molecule has 0 heterocycles. The van der Waals surface area contributed by atoms with Gasteiger partial charge in [-0.25, -0.2) is 0 Å². The molecule has 0 aliphatic heterocycles. The van der Waals surface area contributed by atoms with Crippen LogP contribution in [0.4, 0.5) is 0 Å². The molecule has 0 aliphatic rings. The molecule has 1 aromatic carbocycles. The van der Waals surface area contributed by atoms with Gasteiger partial charge in [-0.3, -0.25) is 0 Å². The van der Waals surface area contributed by atoms with Crippen molar-refractivity contribution >= 4 is 42.4 Å². The molecule has 0 fully saturated rings. The quantitative estimate of drug-likeness (QED) is 0.736. The van der Waals surface area contributed by atoms with Gasteiger partial charge in [0, 0.05) is 13.2 Å². The maximum Gasteiger partial charge on any atom is 1.47 e. The predicted molar refractivity (Wildman–Crippen MR) is 56.8 cm³/mol. The van der Waals surface area contributed by atoms with E-state index in [1.54, 1.807) is 7.11 Å². The average molecular weight is 244 g/mol. The van der Waals surface area contributed by atoms with Crippen LogP contribution in [-0.4, -0.2) is 41.0 Å². The lowest BCUT2D eigenvalue weighted by atomic mass is 10.3. The first-order valence-electron chi connectivity index (χ1n) is 3.24. The molecule has 7 radical (unpaired) electrons. The topological polar surface area (TPSA) is 29.5 Å². The van der Waals surface area contributed by atoms with Crippen molar-refractivity contribution in [2.24, 2.45) is 0 Å². The highest BCUT2D eigenvalue weighted by molar-refractivity contribution is 8.93. The fourth-order valence-electron chi connectivity index (χ4n) is 0.703. The molecule has 12 heavy (non-hydrogen) atoms. The van der Waals surface area contributed by atoms with Crippen LogP contribution in [0.25, 0.3) is 0 Å². The van der Waals surface area contributed by atoms with Gasteiger partial charge in [0.25, 0.3) is 0 Å². The van der Waals surface area contributed by atoms with Crippen molar-refractivity contribution in [2.75, 3.05) is 14.2 Å². The minimum atomic E-state index is 0. The number of halogens is 1. The van der Waals surface area contributed by atoms with Crippen molar-refractivity contribution in [3.05, 3.63) is 24.3 Å². The maximum absolute atomic E-state index is 7.00. The number of para-hydroxylation sites is 1. The SMILES string of the molecule is Br.CO.COc1cccc[c]1[Mg+2]. The standard InChI is InChI=1S/C7H7O.CH4O.BrH.Mg/c1-8-7-5-3-2-4-6-7;1-2;;/h2-5H,1H3;2H,1H3;1H;/q;;;+2. The first-order valence-corrected chi connectivity index (χ1v) is 3.95. The summed E-state index contributed by atoms with van der Waals surface area (Å²) in [6.07, 6.45) is 0. The second-order valence-electron chi connectivity index (χ2n) is 1.81. The van der Waals surface area contributed by atoms with E-state index >= 15 is 0 Å². The molecule has 2 nitrogen and oxygen atoms in total. The van der Waals surface area contributed by atoms with E-state index in [9.17, 15) is 0 Å². The number of rotatable bonds is 1. The molecular formula is C8H12BrMgO2+2. The molecule has 0 spiro atoms. The molecule has 4 heteroatoms. The number of hydrogen-bond acceptors (Lipinski definition) is 2. The zero-order valence-corrected chi connectivity index (χ0v) is 10.4. The largest absolute Gasteiger partial charge is 1.47 e. The number of ether oxygens (including phenoxy) is 1. The molecule has 0 aliphatic carbocycles. The zero-order chi connectivity index (χ0) is 8.69. The van der Waals surface area contributed by atoms with Gasteiger partial charge in [0.05, 0.1) is 7.11 Å². The molecule has 0 unspecified atom stereocenters. The van der Waals surface area contributed by atoms with Gasteiger partial charge < -0.3 is 9.84 Å². The van der Waals surface area contributed by atoms with Crippen LogP contribution in [0.15, 0.2) is 24.3 Å². The summed E-state index contributed by atoms with van der Waals surface area (Å²) in [5, 5.41) is 7.00. The van der Waals surface area contributed by atoms with Gasteiger partial charge in [0.1, 0.15) is 0 Å². The third kappa shape index (κ3) is 4.98. The first-order chi connectivity index (χ1) is 5.34. The summed E-state index contributed by atoms with van der Waals surface area (Å²) in [7, 11) is 2.69. The Morgan fingerprint density at radius 1 is 1.25 bits per heavy atom. The summed E-state index contributed by atoms with van der Waals surface area (Å²) in [5.41, 5.74) is 0. The van der Waals surface area contributed by atoms with Gasteiger partial charge in [-0.1, -0.05) is 12.1 Å². The van der Waals surface area contributed by atoms with Crippen molar-refractivity contribution in [3.63, 3.8) is 0 Å².